The van der Waals surface area contributed by atoms with E-state index in [4.69, 9.17) is 6.57 Å². The van der Waals surface area contributed by atoms with Gasteiger partial charge in [0.25, 0.3) is 0 Å². The van der Waals surface area contributed by atoms with Crippen LogP contribution in [0.15, 0.2) is 200 Å². The molecule has 0 spiro atoms. The number of fused-ring (bicyclic) bond motifs is 6. The summed E-state index contributed by atoms with van der Waals surface area (Å²) >= 11 is 0. The van der Waals surface area contributed by atoms with E-state index in [-0.39, 0.29) is 0 Å². The van der Waals surface area contributed by atoms with Crippen LogP contribution in [-0.4, -0.2) is 9.13 Å². The summed E-state index contributed by atoms with van der Waals surface area (Å²) in [6, 6.07) is 76.2. The van der Waals surface area contributed by atoms with Crippen LogP contribution < -0.4 is 0 Å². The van der Waals surface area contributed by atoms with Gasteiger partial charge in [0.05, 0.1) is 51.6 Å². The quantitative estimate of drug-likeness (QED) is 0.140. The third-order valence-electron chi connectivity index (χ3n) is 16.8. The Morgan fingerprint density at radius 3 is 1.00 bits per heavy atom. The van der Waals surface area contributed by atoms with Crippen molar-refractivity contribution >= 4 is 49.3 Å². The highest BCUT2D eigenvalue weighted by atomic mass is 15.0. The smallest absolute Gasteiger partial charge is 0.187 e. The molecule has 4 heteroatoms. The van der Waals surface area contributed by atoms with Crippen LogP contribution in [0.4, 0.5) is 5.69 Å². The van der Waals surface area contributed by atoms with Gasteiger partial charge in [0.15, 0.2) is 5.69 Å². The summed E-state index contributed by atoms with van der Waals surface area (Å²) in [6.45, 7) is 27.4. The Morgan fingerprint density at radius 1 is 0.309 bits per heavy atom. The van der Waals surface area contributed by atoms with Crippen molar-refractivity contribution in [2.75, 3.05) is 0 Å². The second kappa shape index (κ2) is 19.7. The second-order valence-electron chi connectivity index (χ2n) is 22.6. The summed E-state index contributed by atoms with van der Waals surface area (Å²) in [4.78, 5) is 3.79. The maximum absolute atomic E-state index is 10.9. The van der Waals surface area contributed by atoms with Gasteiger partial charge in [-0.2, -0.15) is 5.26 Å². The Labute approximate surface area is 474 Å². The highest BCUT2D eigenvalue weighted by Crippen LogP contribution is 2.46. The van der Waals surface area contributed by atoms with Gasteiger partial charge in [0.2, 0.25) is 0 Å². The van der Waals surface area contributed by atoms with Gasteiger partial charge in [-0.3, -0.25) is 0 Å². The number of nitrogens with zero attached hydrogens (tertiary/aromatic N) is 4. The number of nitriles is 1. The number of aromatic nitrogens is 2. The number of hydrogen-bond donors (Lipinski definition) is 0. The van der Waals surface area contributed by atoms with Crippen LogP contribution in [-0.2, 0) is 0 Å². The number of benzene rings is 11. The van der Waals surface area contributed by atoms with E-state index in [0.717, 1.165) is 93.9 Å². The van der Waals surface area contributed by atoms with Gasteiger partial charge in [0, 0.05) is 32.7 Å². The van der Waals surface area contributed by atoms with Crippen molar-refractivity contribution in [1.29, 1.82) is 5.26 Å². The number of rotatable bonds is 8. The molecule has 0 fully saturated rings. The number of aryl methyl sites for hydroxylation is 9. The normalized spacial score (nSPS) is 11.5. The summed E-state index contributed by atoms with van der Waals surface area (Å²) in [7, 11) is 0. The van der Waals surface area contributed by atoms with Crippen LogP contribution >= 0.6 is 0 Å². The van der Waals surface area contributed by atoms with Crippen LogP contribution in [0.2, 0.25) is 0 Å². The maximum Gasteiger partial charge on any atom is 0.187 e. The SMILES string of the molecule is [C-]#[N+]c1ccc(-c2ccc(-n3c4ccc(-c5ccc(C)cc5C)cc4c4cc(-c5ccc(C)cc5C)ccc43)c(-c3ccc(C#N)cc3-n3c4ccc(-c5ccc(C)cc5C)cc4c4cc(-c5ccc(C)cc5C)ccc43)c2)c(C)c1. The largest absolute Gasteiger partial charge is 0.309 e. The van der Waals surface area contributed by atoms with E-state index in [9.17, 15) is 5.26 Å². The van der Waals surface area contributed by atoms with Crippen molar-refractivity contribution in [2.24, 2.45) is 0 Å². The van der Waals surface area contributed by atoms with Crippen LogP contribution in [0, 0.1) is 80.2 Å². The molecule has 0 saturated carbocycles. The average Bonchev–Trinajstić information content (AvgIpc) is 4.09. The fourth-order valence-electron chi connectivity index (χ4n) is 13.0. The summed E-state index contributed by atoms with van der Waals surface area (Å²) < 4.78 is 4.85. The zero-order valence-electron chi connectivity index (χ0n) is 47.3. The average molecular weight is 1040 g/mol. The standard InChI is InChI=1S/C77H60N4/c1-45-11-22-61(49(5)33-45)56-17-29-73-68(40-56)69-41-57(62-23-12-46(2)34-50(62)6)18-30-74(69)80(73)72-28-16-55(65-27-21-60(79-10)37-53(65)9)39-67(72)66-26-15-54(44-78)38-77(66)81-75-31-19-58(63-24-13-47(3)35-51(63)7)42-70(75)71-43-59(20-32-76(71)81)64-25-14-48(4)36-52(64)8/h11-43H,1-9H3. The van der Waals surface area contributed by atoms with Crippen LogP contribution in [0.1, 0.15) is 55.6 Å². The lowest BCUT2D eigenvalue weighted by atomic mass is 9.93. The van der Waals surface area contributed by atoms with E-state index in [0.29, 0.717) is 11.3 Å². The minimum Gasteiger partial charge on any atom is -0.309 e. The molecular weight excluding hydrogens is 981 g/mol. The van der Waals surface area contributed by atoms with E-state index in [1.807, 2.05) is 18.2 Å². The molecule has 0 aliphatic heterocycles. The zero-order valence-corrected chi connectivity index (χ0v) is 47.3. The predicted octanol–water partition coefficient (Wildman–Crippen LogP) is 21.1. The Bertz CT molecular complexity index is 4670. The Kier molecular flexibility index (Phi) is 12.3. The van der Waals surface area contributed by atoms with E-state index in [1.165, 1.54) is 77.9 Å². The van der Waals surface area contributed by atoms with Crippen molar-refractivity contribution < 1.29 is 0 Å². The fraction of sp³-hybridized carbons (Fsp3) is 0.117. The minimum absolute atomic E-state index is 0.570. The Hall–Kier alpha value is -10.0. The topological polar surface area (TPSA) is 38.0 Å². The van der Waals surface area contributed by atoms with Crippen molar-refractivity contribution in [1.82, 2.24) is 9.13 Å². The highest BCUT2D eigenvalue weighted by molar-refractivity contribution is 6.14. The van der Waals surface area contributed by atoms with Gasteiger partial charge < -0.3 is 9.13 Å². The Morgan fingerprint density at radius 2 is 0.642 bits per heavy atom. The molecule has 2 aromatic heterocycles. The van der Waals surface area contributed by atoms with Crippen molar-refractivity contribution in [3.05, 3.63) is 267 Å². The molecule has 0 bridgehead atoms. The van der Waals surface area contributed by atoms with Gasteiger partial charge in [-0.25, -0.2) is 4.85 Å². The van der Waals surface area contributed by atoms with E-state index in [2.05, 4.69) is 264 Å². The lowest BCUT2D eigenvalue weighted by molar-refractivity contribution is 1.16. The lowest BCUT2D eigenvalue weighted by Gasteiger charge is -2.21. The number of hydrogen-bond acceptors (Lipinski definition) is 1. The summed E-state index contributed by atoms with van der Waals surface area (Å²) in [5.41, 5.74) is 31.9. The molecule has 388 valence electrons. The first kappa shape index (κ1) is 50.5. The molecule has 11 aromatic carbocycles. The monoisotopic (exact) mass is 1040 g/mol. The predicted molar refractivity (Wildman–Crippen MR) is 341 cm³/mol. The maximum atomic E-state index is 10.9. The molecule has 0 amide bonds. The molecule has 2 heterocycles. The molecular formula is C77H60N4. The van der Waals surface area contributed by atoms with Crippen LogP contribution in [0.3, 0.4) is 0 Å². The van der Waals surface area contributed by atoms with Crippen LogP contribution in [0.25, 0.3) is 127 Å². The summed E-state index contributed by atoms with van der Waals surface area (Å²) in [5.74, 6) is 0. The van der Waals surface area contributed by atoms with Gasteiger partial charge in [0.1, 0.15) is 0 Å². The Balaban J connectivity index is 1.12. The van der Waals surface area contributed by atoms with E-state index in [1.54, 1.807) is 0 Å². The molecule has 0 aliphatic rings. The zero-order chi connectivity index (χ0) is 56.0. The molecule has 13 aromatic rings. The third-order valence-corrected chi connectivity index (χ3v) is 16.8. The molecule has 0 aliphatic carbocycles. The van der Waals surface area contributed by atoms with Gasteiger partial charge in [-0.05, 0) is 213 Å². The first-order valence-electron chi connectivity index (χ1n) is 27.9. The molecule has 13 rings (SSSR count). The fourth-order valence-corrected chi connectivity index (χ4v) is 13.0. The first-order chi connectivity index (χ1) is 39.2. The third kappa shape index (κ3) is 8.69. The first-order valence-corrected chi connectivity index (χ1v) is 27.9. The molecule has 0 saturated heterocycles. The molecule has 0 atom stereocenters. The minimum atomic E-state index is 0.570. The van der Waals surface area contributed by atoms with Gasteiger partial charge >= 0.3 is 0 Å². The van der Waals surface area contributed by atoms with Crippen molar-refractivity contribution in [3.8, 4) is 84.2 Å². The molecule has 4 nitrogen and oxygen atoms in total. The van der Waals surface area contributed by atoms with Gasteiger partial charge in [-0.1, -0.05) is 155 Å². The molecule has 81 heavy (non-hydrogen) atoms. The van der Waals surface area contributed by atoms with Crippen molar-refractivity contribution in [2.45, 2.75) is 62.3 Å². The summed E-state index contributed by atoms with van der Waals surface area (Å²) in [5, 5.41) is 15.4. The van der Waals surface area contributed by atoms with Crippen molar-refractivity contribution in [3.63, 3.8) is 0 Å². The van der Waals surface area contributed by atoms with Gasteiger partial charge in [-0.15, -0.1) is 0 Å². The van der Waals surface area contributed by atoms with E-state index < -0.39 is 0 Å². The molecule has 0 N–H and O–H groups in total. The highest BCUT2D eigenvalue weighted by Gasteiger charge is 2.24. The van der Waals surface area contributed by atoms with E-state index >= 15 is 0 Å². The molecule has 0 unspecified atom stereocenters. The van der Waals surface area contributed by atoms with Crippen LogP contribution in [0.5, 0.6) is 0 Å². The second-order valence-corrected chi connectivity index (χ2v) is 22.6. The molecule has 0 radical (unpaired) electrons. The lowest BCUT2D eigenvalue weighted by Crippen LogP contribution is -2.03. The summed E-state index contributed by atoms with van der Waals surface area (Å²) in [6.07, 6.45) is 0.